The molecule has 1 N–H and O–H groups in total. The van der Waals surface area contributed by atoms with Gasteiger partial charge < -0.3 is 14.2 Å². The Bertz CT molecular complexity index is 803. The fourth-order valence-electron chi connectivity index (χ4n) is 2.12. The minimum absolute atomic E-state index is 0.225. The van der Waals surface area contributed by atoms with Crippen LogP contribution in [-0.2, 0) is 6.54 Å². The van der Waals surface area contributed by atoms with Crippen molar-refractivity contribution in [1.29, 1.82) is 0 Å². The number of rotatable bonds is 3. The highest BCUT2D eigenvalue weighted by Crippen LogP contribution is 2.19. The van der Waals surface area contributed by atoms with Crippen LogP contribution in [0.1, 0.15) is 27.9 Å². The number of carbonyl (C=O) groups is 1. The van der Waals surface area contributed by atoms with Crippen LogP contribution in [0.2, 0.25) is 0 Å². The van der Waals surface area contributed by atoms with Gasteiger partial charge in [0.1, 0.15) is 5.82 Å². The van der Waals surface area contributed by atoms with Crippen LogP contribution in [-0.4, -0.2) is 30.8 Å². The Morgan fingerprint density at radius 1 is 1.35 bits per heavy atom. The molecule has 0 aliphatic carbocycles. The Hall–Kier alpha value is -2.70. The number of fused-ring (bicyclic) bond motifs is 1. The molecule has 0 atom stereocenters. The Labute approximate surface area is 113 Å². The smallest absolute Gasteiger partial charge is 0.335 e. The van der Waals surface area contributed by atoms with E-state index in [0.29, 0.717) is 18.3 Å². The standard InChI is InChI=1S/C13H12N4O3/c1-7-14-10-4-3-9(13(18)19)5-11(10)17(7)6-12-15-8(2)20-16-12/h3-5H,6H2,1-2H3,(H,18,19). The summed E-state index contributed by atoms with van der Waals surface area (Å²) < 4.78 is 6.81. The number of hydrogen-bond acceptors (Lipinski definition) is 5. The lowest BCUT2D eigenvalue weighted by Gasteiger charge is -2.03. The first-order chi connectivity index (χ1) is 9.54. The molecule has 7 nitrogen and oxygen atoms in total. The highest BCUT2D eigenvalue weighted by molar-refractivity contribution is 5.92. The summed E-state index contributed by atoms with van der Waals surface area (Å²) in [7, 11) is 0. The first-order valence-corrected chi connectivity index (χ1v) is 6.04. The van der Waals surface area contributed by atoms with Gasteiger partial charge in [0.2, 0.25) is 5.89 Å². The lowest BCUT2D eigenvalue weighted by molar-refractivity contribution is 0.0697. The summed E-state index contributed by atoms with van der Waals surface area (Å²) >= 11 is 0. The van der Waals surface area contributed by atoms with Crippen molar-refractivity contribution in [1.82, 2.24) is 19.7 Å². The molecule has 2 aromatic heterocycles. The zero-order valence-electron chi connectivity index (χ0n) is 11.0. The second-order valence-electron chi connectivity index (χ2n) is 4.48. The molecule has 20 heavy (non-hydrogen) atoms. The molecular formula is C13H12N4O3. The van der Waals surface area contributed by atoms with E-state index in [1.54, 1.807) is 25.1 Å². The Kier molecular flexibility index (Phi) is 2.74. The van der Waals surface area contributed by atoms with Crippen LogP contribution >= 0.6 is 0 Å². The molecule has 0 aliphatic heterocycles. The van der Waals surface area contributed by atoms with Crippen molar-refractivity contribution in [3.8, 4) is 0 Å². The van der Waals surface area contributed by atoms with E-state index >= 15 is 0 Å². The van der Waals surface area contributed by atoms with E-state index in [1.807, 2.05) is 11.5 Å². The van der Waals surface area contributed by atoms with E-state index in [4.69, 9.17) is 9.63 Å². The van der Waals surface area contributed by atoms with E-state index < -0.39 is 5.97 Å². The van der Waals surface area contributed by atoms with Crippen molar-refractivity contribution in [3.63, 3.8) is 0 Å². The average Bonchev–Trinajstić information content (AvgIpc) is 2.94. The van der Waals surface area contributed by atoms with Gasteiger partial charge in [-0.25, -0.2) is 9.78 Å². The van der Waals surface area contributed by atoms with Crippen LogP contribution in [0.3, 0.4) is 0 Å². The number of aryl methyl sites for hydroxylation is 2. The van der Waals surface area contributed by atoms with Crippen LogP contribution in [0, 0.1) is 13.8 Å². The zero-order chi connectivity index (χ0) is 14.3. The van der Waals surface area contributed by atoms with E-state index in [0.717, 1.165) is 16.9 Å². The number of aromatic carboxylic acids is 1. The van der Waals surface area contributed by atoms with Crippen LogP contribution < -0.4 is 0 Å². The molecule has 0 amide bonds. The molecule has 7 heteroatoms. The lowest BCUT2D eigenvalue weighted by atomic mass is 10.2. The summed E-state index contributed by atoms with van der Waals surface area (Å²) in [5.74, 6) is 0.830. The van der Waals surface area contributed by atoms with Gasteiger partial charge in [0.05, 0.1) is 23.1 Å². The Morgan fingerprint density at radius 2 is 2.15 bits per heavy atom. The molecule has 3 aromatic rings. The zero-order valence-corrected chi connectivity index (χ0v) is 11.0. The topological polar surface area (TPSA) is 94.0 Å². The van der Waals surface area contributed by atoms with Gasteiger partial charge in [-0.1, -0.05) is 5.16 Å². The predicted molar refractivity (Wildman–Crippen MR) is 69.6 cm³/mol. The monoisotopic (exact) mass is 272 g/mol. The van der Waals surface area contributed by atoms with Crippen molar-refractivity contribution in [2.24, 2.45) is 0 Å². The summed E-state index contributed by atoms with van der Waals surface area (Å²) in [5, 5.41) is 12.9. The third-order valence-corrected chi connectivity index (χ3v) is 3.06. The molecule has 1 aromatic carbocycles. The van der Waals surface area contributed by atoms with Gasteiger partial charge in [0.25, 0.3) is 0 Å². The average molecular weight is 272 g/mol. The van der Waals surface area contributed by atoms with Crippen LogP contribution in [0.15, 0.2) is 22.7 Å². The molecule has 0 bridgehead atoms. The van der Waals surface area contributed by atoms with Crippen molar-refractivity contribution in [3.05, 3.63) is 41.3 Å². The molecule has 3 rings (SSSR count). The van der Waals surface area contributed by atoms with Crippen molar-refractivity contribution in [2.75, 3.05) is 0 Å². The number of carboxylic acid groups (broad SMARTS) is 1. The summed E-state index contributed by atoms with van der Waals surface area (Å²) in [6.07, 6.45) is 0. The molecule has 0 radical (unpaired) electrons. The van der Waals surface area contributed by atoms with Crippen molar-refractivity contribution in [2.45, 2.75) is 20.4 Å². The number of carboxylic acids is 1. The van der Waals surface area contributed by atoms with Gasteiger partial charge in [-0.2, -0.15) is 4.98 Å². The number of hydrogen-bond donors (Lipinski definition) is 1. The number of benzene rings is 1. The molecule has 0 spiro atoms. The summed E-state index contributed by atoms with van der Waals surface area (Å²) in [6.45, 7) is 3.97. The Morgan fingerprint density at radius 3 is 2.80 bits per heavy atom. The molecule has 0 unspecified atom stereocenters. The maximum atomic E-state index is 11.1. The third kappa shape index (κ3) is 2.03. The molecule has 0 fully saturated rings. The van der Waals surface area contributed by atoms with E-state index in [-0.39, 0.29) is 5.56 Å². The fourth-order valence-corrected chi connectivity index (χ4v) is 2.12. The van der Waals surface area contributed by atoms with Gasteiger partial charge in [0.15, 0.2) is 5.82 Å². The predicted octanol–water partition coefficient (Wildman–Crippen LogP) is 1.78. The number of aromatic nitrogens is 4. The largest absolute Gasteiger partial charge is 0.478 e. The second kappa shape index (κ2) is 4.44. The van der Waals surface area contributed by atoms with Crippen molar-refractivity contribution < 1.29 is 14.4 Å². The molecule has 2 heterocycles. The molecule has 0 saturated carbocycles. The molecular weight excluding hydrogens is 260 g/mol. The highest BCUT2D eigenvalue weighted by atomic mass is 16.5. The van der Waals surface area contributed by atoms with Gasteiger partial charge >= 0.3 is 5.97 Å². The van der Waals surface area contributed by atoms with Crippen molar-refractivity contribution >= 4 is 17.0 Å². The summed E-state index contributed by atoms with van der Waals surface area (Å²) in [4.78, 5) is 19.6. The maximum Gasteiger partial charge on any atom is 0.335 e. The van der Waals surface area contributed by atoms with E-state index in [9.17, 15) is 4.79 Å². The van der Waals surface area contributed by atoms with Crippen LogP contribution in [0.4, 0.5) is 0 Å². The lowest BCUT2D eigenvalue weighted by Crippen LogP contribution is -2.04. The van der Waals surface area contributed by atoms with Gasteiger partial charge in [-0.05, 0) is 25.1 Å². The maximum absolute atomic E-state index is 11.1. The summed E-state index contributed by atoms with van der Waals surface area (Å²) in [5.41, 5.74) is 1.71. The first-order valence-electron chi connectivity index (χ1n) is 6.04. The SMILES string of the molecule is Cc1nc(Cn2c(C)nc3ccc(C(=O)O)cc32)no1. The summed E-state index contributed by atoms with van der Waals surface area (Å²) in [6, 6.07) is 4.84. The van der Waals surface area contributed by atoms with Crippen LogP contribution in [0.5, 0.6) is 0 Å². The molecule has 102 valence electrons. The molecule has 0 saturated heterocycles. The normalized spacial score (nSPS) is 11.1. The minimum Gasteiger partial charge on any atom is -0.478 e. The fraction of sp³-hybridized carbons (Fsp3) is 0.231. The minimum atomic E-state index is -0.965. The van der Waals surface area contributed by atoms with Crippen LogP contribution in [0.25, 0.3) is 11.0 Å². The Balaban J connectivity index is 2.10. The number of imidazole rings is 1. The van der Waals surface area contributed by atoms with Gasteiger partial charge in [-0.15, -0.1) is 0 Å². The highest BCUT2D eigenvalue weighted by Gasteiger charge is 2.13. The molecule has 0 aliphatic rings. The second-order valence-corrected chi connectivity index (χ2v) is 4.48. The number of nitrogens with zero attached hydrogens (tertiary/aromatic N) is 4. The van der Waals surface area contributed by atoms with E-state index in [2.05, 4.69) is 15.1 Å². The third-order valence-electron chi connectivity index (χ3n) is 3.06. The van der Waals surface area contributed by atoms with Gasteiger partial charge in [-0.3, -0.25) is 0 Å². The van der Waals surface area contributed by atoms with Gasteiger partial charge in [0, 0.05) is 6.92 Å². The quantitative estimate of drug-likeness (QED) is 0.781. The van der Waals surface area contributed by atoms with E-state index in [1.165, 1.54) is 0 Å². The first kappa shape index (κ1) is 12.3.